The smallest absolute Gasteiger partial charge is 0.129 e. The van der Waals surface area contributed by atoms with Gasteiger partial charge in [0.2, 0.25) is 0 Å². The lowest BCUT2D eigenvalue weighted by Crippen LogP contribution is -2.34. The summed E-state index contributed by atoms with van der Waals surface area (Å²) in [7, 11) is 1.68. The van der Waals surface area contributed by atoms with Crippen LogP contribution in [0.4, 0.5) is 0 Å². The molecular weight excluding hydrogens is 362 g/mol. The van der Waals surface area contributed by atoms with Crippen molar-refractivity contribution in [2.24, 2.45) is 0 Å². The first-order valence-corrected chi connectivity index (χ1v) is 9.69. The number of nitrogens with zero attached hydrogens (tertiary/aromatic N) is 2. The van der Waals surface area contributed by atoms with E-state index in [1.54, 1.807) is 7.11 Å². The molecular formula is C21H24ClN3O2. The van der Waals surface area contributed by atoms with Crippen molar-refractivity contribution in [2.75, 3.05) is 20.2 Å². The predicted molar refractivity (Wildman–Crippen MR) is 106 cm³/mol. The van der Waals surface area contributed by atoms with Crippen LogP contribution in [0, 0.1) is 0 Å². The number of H-pyrrole nitrogens is 1. The summed E-state index contributed by atoms with van der Waals surface area (Å²) >= 11 is 6.03. The molecule has 3 aromatic rings. The number of halogens is 1. The second kappa shape index (κ2) is 8.30. The van der Waals surface area contributed by atoms with Gasteiger partial charge < -0.3 is 9.15 Å². The maximum absolute atomic E-state index is 6.03. The summed E-state index contributed by atoms with van der Waals surface area (Å²) in [5, 5.41) is 8.31. The average molecular weight is 386 g/mol. The number of nitrogens with one attached hydrogen (secondary N) is 1. The summed E-state index contributed by atoms with van der Waals surface area (Å²) in [6.45, 7) is 3.41. The summed E-state index contributed by atoms with van der Waals surface area (Å²) in [6, 6.07) is 12.0. The molecule has 0 bridgehead atoms. The van der Waals surface area contributed by atoms with E-state index in [2.05, 4.69) is 27.2 Å². The van der Waals surface area contributed by atoms with Gasteiger partial charge in [-0.3, -0.25) is 10.00 Å². The zero-order chi connectivity index (χ0) is 18.6. The van der Waals surface area contributed by atoms with Crippen LogP contribution >= 0.6 is 11.6 Å². The molecule has 2 aromatic heterocycles. The van der Waals surface area contributed by atoms with Crippen molar-refractivity contribution in [2.45, 2.75) is 31.9 Å². The molecule has 142 valence electrons. The van der Waals surface area contributed by atoms with Crippen LogP contribution in [0.25, 0.3) is 11.1 Å². The molecule has 27 heavy (non-hydrogen) atoms. The SMILES string of the molecule is COCc1ccc(CN2CCCC(c3[nH]ncc3-c3ccc(Cl)cc3)C2)o1. The number of aromatic nitrogens is 2. The predicted octanol–water partition coefficient (Wildman–Crippen LogP) is 4.85. The Morgan fingerprint density at radius 3 is 2.85 bits per heavy atom. The highest BCUT2D eigenvalue weighted by atomic mass is 35.5. The highest BCUT2D eigenvalue weighted by molar-refractivity contribution is 6.30. The first kappa shape index (κ1) is 18.3. The maximum atomic E-state index is 6.03. The molecule has 1 aliphatic heterocycles. The Labute approximate surface area is 164 Å². The van der Waals surface area contributed by atoms with Crippen molar-refractivity contribution in [1.82, 2.24) is 15.1 Å². The Hall–Kier alpha value is -2.08. The molecule has 0 amide bonds. The van der Waals surface area contributed by atoms with Crippen molar-refractivity contribution < 1.29 is 9.15 Å². The van der Waals surface area contributed by atoms with Gasteiger partial charge in [-0.2, -0.15) is 5.10 Å². The van der Waals surface area contributed by atoms with Gasteiger partial charge in [-0.25, -0.2) is 0 Å². The standard InChI is InChI=1S/C21H24ClN3O2/c1-26-14-19-9-8-18(27-19)13-25-10-2-3-16(12-25)21-20(11-23-24-21)15-4-6-17(22)7-5-15/h4-9,11,16H,2-3,10,12-14H2,1H3,(H,23,24). The van der Waals surface area contributed by atoms with Gasteiger partial charge in [-0.15, -0.1) is 0 Å². The van der Waals surface area contributed by atoms with Crippen molar-refractivity contribution in [3.63, 3.8) is 0 Å². The molecule has 1 atom stereocenters. The maximum Gasteiger partial charge on any atom is 0.129 e. The minimum Gasteiger partial charge on any atom is -0.462 e. The number of methoxy groups -OCH3 is 1. The molecule has 0 radical (unpaired) electrons. The fraction of sp³-hybridized carbons (Fsp3) is 0.381. The van der Waals surface area contributed by atoms with E-state index in [4.69, 9.17) is 20.8 Å². The quantitative estimate of drug-likeness (QED) is 0.659. The van der Waals surface area contributed by atoms with Crippen LogP contribution in [0.2, 0.25) is 5.02 Å². The first-order valence-electron chi connectivity index (χ1n) is 9.31. The van der Waals surface area contributed by atoms with Gasteiger partial charge in [-0.05, 0) is 49.2 Å². The minimum atomic E-state index is 0.431. The second-order valence-corrected chi connectivity index (χ2v) is 7.52. The normalized spacial score (nSPS) is 18.1. The Morgan fingerprint density at radius 2 is 2.04 bits per heavy atom. The van der Waals surface area contributed by atoms with Gasteiger partial charge in [0, 0.05) is 35.9 Å². The van der Waals surface area contributed by atoms with E-state index in [1.807, 2.05) is 30.5 Å². The van der Waals surface area contributed by atoms with Crippen LogP contribution in [0.1, 0.15) is 36.0 Å². The summed E-state index contributed by atoms with van der Waals surface area (Å²) in [5.74, 6) is 2.30. The molecule has 6 heteroatoms. The summed E-state index contributed by atoms with van der Waals surface area (Å²) in [5.41, 5.74) is 3.52. The van der Waals surface area contributed by atoms with Crippen LogP contribution in [0.3, 0.4) is 0 Å². The first-order chi connectivity index (χ1) is 13.2. The lowest BCUT2D eigenvalue weighted by atomic mass is 9.90. The summed E-state index contributed by atoms with van der Waals surface area (Å²) < 4.78 is 11.0. The molecule has 1 aromatic carbocycles. The third kappa shape index (κ3) is 4.26. The second-order valence-electron chi connectivity index (χ2n) is 7.08. The van der Waals surface area contributed by atoms with Crippen LogP contribution in [0.15, 0.2) is 47.0 Å². The Kier molecular flexibility index (Phi) is 5.62. The number of benzene rings is 1. The van der Waals surface area contributed by atoms with E-state index in [0.29, 0.717) is 12.5 Å². The molecule has 1 N–H and O–H groups in total. The molecule has 1 aliphatic rings. The average Bonchev–Trinajstić information content (AvgIpc) is 3.33. The number of hydrogen-bond donors (Lipinski definition) is 1. The number of likely N-dealkylation sites (tertiary alicyclic amines) is 1. The lowest BCUT2D eigenvalue weighted by molar-refractivity contribution is 0.153. The molecule has 0 spiro atoms. The van der Waals surface area contributed by atoms with E-state index in [9.17, 15) is 0 Å². The van der Waals surface area contributed by atoms with Gasteiger partial charge in [0.05, 0.1) is 12.7 Å². The third-order valence-corrected chi connectivity index (χ3v) is 5.37. The molecule has 4 rings (SSSR count). The van der Waals surface area contributed by atoms with E-state index in [1.165, 1.54) is 11.3 Å². The number of piperidine rings is 1. The van der Waals surface area contributed by atoms with Crippen molar-refractivity contribution >= 4 is 11.6 Å². The van der Waals surface area contributed by atoms with E-state index in [-0.39, 0.29) is 0 Å². The van der Waals surface area contributed by atoms with Gasteiger partial charge in [0.15, 0.2) is 0 Å². The molecule has 1 fully saturated rings. The third-order valence-electron chi connectivity index (χ3n) is 5.12. The number of ether oxygens (including phenoxy) is 1. The van der Waals surface area contributed by atoms with Crippen molar-refractivity contribution in [3.8, 4) is 11.1 Å². The van der Waals surface area contributed by atoms with E-state index >= 15 is 0 Å². The molecule has 1 unspecified atom stereocenters. The Balaban J connectivity index is 1.47. The summed E-state index contributed by atoms with van der Waals surface area (Å²) in [6.07, 6.45) is 4.24. The van der Waals surface area contributed by atoms with Crippen LogP contribution in [-0.4, -0.2) is 35.3 Å². The molecule has 5 nitrogen and oxygen atoms in total. The van der Waals surface area contributed by atoms with Crippen molar-refractivity contribution in [3.05, 3.63) is 64.8 Å². The van der Waals surface area contributed by atoms with Crippen LogP contribution < -0.4 is 0 Å². The monoisotopic (exact) mass is 385 g/mol. The largest absolute Gasteiger partial charge is 0.462 e. The van der Waals surface area contributed by atoms with Crippen LogP contribution in [0.5, 0.6) is 0 Å². The van der Waals surface area contributed by atoms with Gasteiger partial charge >= 0.3 is 0 Å². The Bertz CT molecular complexity index is 872. The molecule has 0 aliphatic carbocycles. The lowest BCUT2D eigenvalue weighted by Gasteiger charge is -2.32. The highest BCUT2D eigenvalue weighted by Gasteiger charge is 2.25. The molecule has 3 heterocycles. The van der Waals surface area contributed by atoms with Crippen LogP contribution in [-0.2, 0) is 17.9 Å². The zero-order valence-corrected chi connectivity index (χ0v) is 16.2. The summed E-state index contributed by atoms with van der Waals surface area (Å²) in [4.78, 5) is 2.45. The highest BCUT2D eigenvalue weighted by Crippen LogP contribution is 2.33. The zero-order valence-electron chi connectivity index (χ0n) is 15.5. The van der Waals surface area contributed by atoms with Crippen molar-refractivity contribution in [1.29, 1.82) is 0 Å². The number of hydrogen-bond acceptors (Lipinski definition) is 4. The molecule has 1 saturated heterocycles. The van der Waals surface area contributed by atoms with Gasteiger partial charge in [0.1, 0.15) is 18.1 Å². The van der Waals surface area contributed by atoms with E-state index in [0.717, 1.165) is 54.6 Å². The number of aromatic amines is 1. The van der Waals surface area contributed by atoms with Gasteiger partial charge in [0.25, 0.3) is 0 Å². The topological polar surface area (TPSA) is 54.3 Å². The number of furan rings is 1. The van der Waals surface area contributed by atoms with Gasteiger partial charge in [-0.1, -0.05) is 23.7 Å². The number of rotatable bonds is 6. The fourth-order valence-corrected chi connectivity index (χ4v) is 3.98. The fourth-order valence-electron chi connectivity index (χ4n) is 3.85. The Morgan fingerprint density at radius 1 is 1.22 bits per heavy atom. The van der Waals surface area contributed by atoms with E-state index < -0.39 is 0 Å². The minimum absolute atomic E-state index is 0.431. The molecule has 0 saturated carbocycles.